The Morgan fingerprint density at radius 3 is 2.62 bits per heavy atom. The van der Waals surface area contributed by atoms with Gasteiger partial charge in [0.1, 0.15) is 5.75 Å². The number of aromatic nitrogens is 2. The van der Waals surface area contributed by atoms with Crippen LogP contribution in [-0.4, -0.2) is 23.4 Å². The highest BCUT2D eigenvalue weighted by atomic mass is 16.5. The van der Waals surface area contributed by atoms with Gasteiger partial charge < -0.3 is 10.1 Å². The Kier molecular flexibility index (Phi) is 5.39. The van der Waals surface area contributed by atoms with Gasteiger partial charge in [-0.1, -0.05) is 18.2 Å². The van der Waals surface area contributed by atoms with Gasteiger partial charge in [-0.2, -0.15) is 5.10 Å². The summed E-state index contributed by atoms with van der Waals surface area (Å²) in [5.41, 5.74) is 2.27. The van der Waals surface area contributed by atoms with E-state index in [2.05, 4.69) is 42.5 Å². The molecule has 0 spiro atoms. The normalized spacial score (nSPS) is 12.6. The van der Waals surface area contributed by atoms with Crippen LogP contribution in [0.5, 0.6) is 5.75 Å². The molecule has 0 radical (unpaired) electrons. The highest BCUT2D eigenvalue weighted by Gasteiger charge is 2.16. The minimum Gasteiger partial charge on any atom is -0.494 e. The average Bonchev–Trinajstić information content (AvgIpc) is 2.95. The number of hydrogen-bond acceptors (Lipinski definition) is 3. The minimum absolute atomic E-state index is 0.197. The van der Waals surface area contributed by atoms with Crippen LogP contribution in [0.4, 0.5) is 0 Å². The van der Waals surface area contributed by atoms with E-state index in [0.717, 1.165) is 17.9 Å². The lowest BCUT2D eigenvalue weighted by Crippen LogP contribution is -2.20. The van der Waals surface area contributed by atoms with Crippen molar-refractivity contribution in [2.24, 2.45) is 0 Å². The zero-order valence-corrected chi connectivity index (χ0v) is 13.3. The maximum atomic E-state index is 5.74. The highest BCUT2D eigenvalue weighted by Crippen LogP contribution is 2.27. The monoisotopic (exact) mass is 287 g/mol. The molecule has 4 heteroatoms. The number of likely N-dealkylation sites (N-methyl/N-ethyl adjacent to an activating group) is 1. The van der Waals surface area contributed by atoms with E-state index in [1.165, 1.54) is 5.56 Å². The van der Waals surface area contributed by atoms with E-state index in [0.29, 0.717) is 12.6 Å². The van der Waals surface area contributed by atoms with E-state index in [9.17, 15) is 0 Å². The van der Waals surface area contributed by atoms with Crippen LogP contribution in [0, 0.1) is 0 Å². The van der Waals surface area contributed by atoms with Gasteiger partial charge in [0.15, 0.2) is 0 Å². The Hall–Kier alpha value is -1.81. The average molecular weight is 287 g/mol. The third-order valence-electron chi connectivity index (χ3n) is 3.55. The standard InChI is InChI=1S/C17H25N3O/c1-5-21-17-9-7-6-8-15(17)16(18-4)12-14-10-11-20(19-14)13(2)3/h6-11,13,16,18H,5,12H2,1-4H3. The number of ether oxygens (including phenoxy) is 1. The molecule has 2 rings (SSSR count). The lowest BCUT2D eigenvalue weighted by molar-refractivity contribution is 0.332. The number of nitrogens with zero attached hydrogens (tertiary/aromatic N) is 2. The van der Waals surface area contributed by atoms with Crippen molar-refractivity contribution in [2.75, 3.05) is 13.7 Å². The van der Waals surface area contributed by atoms with E-state index < -0.39 is 0 Å². The second-order valence-corrected chi connectivity index (χ2v) is 5.40. The molecular formula is C17H25N3O. The van der Waals surface area contributed by atoms with Crippen molar-refractivity contribution in [3.8, 4) is 5.75 Å². The summed E-state index contributed by atoms with van der Waals surface area (Å²) in [5.74, 6) is 0.947. The Labute approximate surface area is 127 Å². The molecule has 0 amide bonds. The Balaban J connectivity index is 2.19. The first kappa shape index (κ1) is 15.6. The first-order chi connectivity index (χ1) is 10.2. The van der Waals surface area contributed by atoms with Crippen molar-refractivity contribution in [3.63, 3.8) is 0 Å². The number of benzene rings is 1. The quantitative estimate of drug-likeness (QED) is 0.848. The molecule has 2 aromatic rings. The third-order valence-corrected chi connectivity index (χ3v) is 3.55. The lowest BCUT2D eigenvalue weighted by atomic mass is 10.0. The molecule has 1 atom stereocenters. The van der Waals surface area contributed by atoms with Crippen molar-refractivity contribution in [1.82, 2.24) is 15.1 Å². The molecule has 21 heavy (non-hydrogen) atoms. The van der Waals surface area contributed by atoms with Crippen LogP contribution in [0.3, 0.4) is 0 Å². The van der Waals surface area contributed by atoms with E-state index in [4.69, 9.17) is 4.74 Å². The van der Waals surface area contributed by atoms with Crippen LogP contribution in [0.2, 0.25) is 0 Å². The molecule has 0 aliphatic carbocycles. The van der Waals surface area contributed by atoms with Gasteiger partial charge in [0.2, 0.25) is 0 Å². The van der Waals surface area contributed by atoms with E-state index in [1.54, 1.807) is 0 Å². The molecule has 1 aromatic heterocycles. The van der Waals surface area contributed by atoms with Gasteiger partial charge >= 0.3 is 0 Å². The summed E-state index contributed by atoms with van der Waals surface area (Å²) in [5, 5.41) is 8.01. The summed E-state index contributed by atoms with van der Waals surface area (Å²) in [7, 11) is 1.98. The minimum atomic E-state index is 0.197. The zero-order valence-electron chi connectivity index (χ0n) is 13.3. The molecule has 1 heterocycles. The van der Waals surface area contributed by atoms with E-state index in [1.807, 2.05) is 37.0 Å². The molecule has 1 unspecified atom stereocenters. The first-order valence-corrected chi connectivity index (χ1v) is 7.58. The van der Waals surface area contributed by atoms with Crippen LogP contribution in [-0.2, 0) is 6.42 Å². The molecule has 0 aliphatic heterocycles. The molecule has 0 aliphatic rings. The molecule has 0 saturated heterocycles. The van der Waals surface area contributed by atoms with E-state index >= 15 is 0 Å². The van der Waals surface area contributed by atoms with Gasteiger partial charge in [0, 0.05) is 30.3 Å². The molecular weight excluding hydrogens is 262 g/mol. The molecule has 114 valence electrons. The van der Waals surface area contributed by atoms with Crippen LogP contribution in [0.25, 0.3) is 0 Å². The molecule has 4 nitrogen and oxygen atoms in total. The number of hydrogen-bond donors (Lipinski definition) is 1. The number of rotatable bonds is 7. The van der Waals surface area contributed by atoms with Crippen molar-refractivity contribution < 1.29 is 4.74 Å². The van der Waals surface area contributed by atoms with Crippen LogP contribution >= 0.6 is 0 Å². The second kappa shape index (κ2) is 7.27. The van der Waals surface area contributed by atoms with Gasteiger partial charge in [-0.25, -0.2) is 0 Å². The summed E-state index contributed by atoms with van der Waals surface area (Å²) >= 11 is 0. The molecule has 0 fully saturated rings. The van der Waals surface area contributed by atoms with Gasteiger partial charge in [0.05, 0.1) is 12.3 Å². The SMILES string of the molecule is CCOc1ccccc1C(Cc1ccn(C(C)C)n1)NC. The largest absolute Gasteiger partial charge is 0.494 e. The van der Waals surface area contributed by atoms with E-state index in [-0.39, 0.29) is 6.04 Å². The van der Waals surface area contributed by atoms with Gasteiger partial charge in [-0.05, 0) is 40.0 Å². The molecule has 0 saturated carbocycles. The number of nitrogens with one attached hydrogen (secondary N) is 1. The van der Waals surface area contributed by atoms with Gasteiger partial charge in [-0.3, -0.25) is 4.68 Å². The van der Waals surface area contributed by atoms with Crippen molar-refractivity contribution in [3.05, 3.63) is 47.8 Å². The predicted octanol–water partition coefficient (Wildman–Crippen LogP) is 3.37. The van der Waals surface area contributed by atoms with Gasteiger partial charge in [-0.15, -0.1) is 0 Å². The fraction of sp³-hybridized carbons (Fsp3) is 0.471. The van der Waals surface area contributed by atoms with Crippen LogP contribution in [0.1, 0.15) is 44.1 Å². The second-order valence-electron chi connectivity index (χ2n) is 5.40. The Morgan fingerprint density at radius 1 is 1.24 bits per heavy atom. The highest BCUT2D eigenvalue weighted by molar-refractivity contribution is 5.36. The maximum absolute atomic E-state index is 5.74. The van der Waals surface area contributed by atoms with Crippen molar-refractivity contribution in [2.45, 2.75) is 39.3 Å². The topological polar surface area (TPSA) is 39.1 Å². The molecule has 1 N–H and O–H groups in total. The predicted molar refractivity (Wildman–Crippen MR) is 85.7 cm³/mol. The fourth-order valence-corrected chi connectivity index (χ4v) is 2.41. The Morgan fingerprint density at radius 2 is 2.00 bits per heavy atom. The first-order valence-electron chi connectivity index (χ1n) is 7.58. The van der Waals surface area contributed by atoms with Crippen LogP contribution in [0.15, 0.2) is 36.5 Å². The Bertz CT molecular complexity index is 563. The number of para-hydroxylation sites is 1. The summed E-state index contributed by atoms with van der Waals surface area (Å²) in [6.07, 6.45) is 2.89. The summed E-state index contributed by atoms with van der Waals surface area (Å²) in [4.78, 5) is 0. The molecule has 1 aromatic carbocycles. The zero-order chi connectivity index (χ0) is 15.2. The maximum Gasteiger partial charge on any atom is 0.124 e. The smallest absolute Gasteiger partial charge is 0.124 e. The summed E-state index contributed by atoms with van der Waals surface area (Å²) < 4.78 is 7.73. The molecule has 0 bridgehead atoms. The van der Waals surface area contributed by atoms with Crippen LogP contribution < -0.4 is 10.1 Å². The van der Waals surface area contributed by atoms with Crippen molar-refractivity contribution >= 4 is 0 Å². The summed E-state index contributed by atoms with van der Waals surface area (Å²) in [6.45, 7) is 6.96. The summed E-state index contributed by atoms with van der Waals surface area (Å²) in [6, 6.07) is 10.9. The lowest BCUT2D eigenvalue weighted by Gasteiger charge is -2.19. The van der Waals surface area contributed by atoms with Gasteiger partial charge in [0.25, 0.3) is 0 Å². The van der Waals surface area contributed by atoms with Crippen molar-refractivity contribution in [1.29, 1.82) is 0 Å². The fourth-order valence-electron chi connectivity index (χ4n) is 2.41. The third kappa shape index (κ3) is 3.85.